The SMILES string of the molecule is COc1cc2c(c3c1OC(C)(C)C3)C(c1cccc(NC(=O)CSC)c1)=NC(C)(C)C2. The van der Waals surface area contributed by atoms with Crippen molar-refractivity contribution in [1.82, 2.24) is 0 Å². The second-order valence-corrected chi connectivity index (χ2v) is 10.3. The van der Waals surface area contributed by atoms with E-state index in [1.807, 2.05) is 24.5 Å². The lowest BCUT2D eigenvalue weighted by Gasteiger charge is -2.31. The molecule has 0 saturated heterocycles. The van der Waals surface area contributed by atoms with Crippen LogP contribution in [0, 0.1) is 0 Å². The quantitative estimate of drug-likeness (QED) is 0.723. The molecule has 2 aromatic rings. The highest BCUT2D eigenvalue weighted by Crippen LogP contribution is 2.47. The minimum absolute atomic E-state index is 0.00302. The second-order valence-electron chi connectivity index (χ2n) is 9.47. The van der Waals surface area contributed by atoms with E-state index < -0.39 is 0 Å². The number of ether oxygens (including phenoxy) is 2. The van der Waals surface area contributed by atoms with Gasteiger partial charge in [0.25, 0.3) is 0 Å². The van der Waals surface area contributed by atoms with E-state index in [4.69, 9.17) is 14.5 Å². The zero-order valence-corrected chi connectivity index (χ0v) is 19.9. The van der Waals surface area contributed by atoms with Crippen molar-refractivity contribution in [3.8, 4) is 11.5 Å². The average molecular weight is 439 g/mol. The fourth-order valence-corrected chi connectivity index (χ4v) is 4.84. The standard InChI is InChI=1S/C25H30N2O3S/c1-24(2)12-16-11-19(29-5)23-18(13-25(3,4)30-23)21(16)22(27-24)15-8-7-9-17(10-15)26-20(28)14-31-6/h7-11H,12-14H2,1-6H3,(H,26,28). The third-order valence-corrected chi connectivity index (χ3v) is 6.15. The molecular weight excluding hydrogens is 408 g/mol. The lowest BCUT2D eigenvalue weighted by Crippen LogP contribution is -2.30. The van der Waals surface area contributed by atoms with E-state index in [1.165, 1.54) is 17.3 Å². The first-order valence-electron chi connectivity index (χ1n) is 10.5. The van der Waals surface area contributed by atoms with Crippen molar-refractivity contribution in [1.29, 1.82) is 0 Å². The number of carbonyl (C=O) groups is 1. The van der Waals surface area contributed by atoms with Gasteiger partial charge in [-0.15, -0.1) is 0 Å². The van der Waals surface area contributed by atoms with Crippen LogP contribution in [0.15, 0.2) is 35.3 Å². The molecule has 2 aliphatic heterocycles. The van der Waals surface area contributed by atoms with E-state index in [1.54, 1.807) is 7.11 Å². The van der Waals surface area contributed by atoms with Gasteiger partial charge in [-0.25, -0.2) is 0 Å². The Morgan fingerprint density at radius 3 is 2.71 bits per heavy atom. The van der Waals surface area contributed by atoms with Crippen LogP contribution in [0.25, 0.3) is 0 Å². The van der Waals surface area contributed by atoms with Gasteiger partial charge in [0.15, 0.2) is 11.5 Å². The number of hydrogen-bond acceptors (Lipinski definition) is 5. The summed E-state index contributed by atoms with van der Waals surface area (Å²) in [7, 11) is 1.69. The molecule has 0 spiro atoms. The number of thioether (sulfide) groups is 1. The molecule has 2 aromatic carbocycles. The van der Waals surface area contributed by atoms with Crippen LogP contribution in [0.3, 0.4) is 0 Å². The highest BCUT2D eigenvalue weighted by molar-refractivity contribution is 7.99. The van der Waals surface area contributed by atoms with Crippen LogP contribution >= 0.6 is 11.8 Å². The van der Waals surface area contributed by atoms with Crippen LogP contribution in [0.2, 0.25) is 0 Å². The fourth-order valence-electron chi connectivity index (χ4n) is 4.50. The second kappa shape index (κ2) is 7.90. The molecule has 2 aliphatic rings. The molecule has 0 aromatic heterocycles. The Morgan fingerprint density at radius 1 is 1.23 bits per heavy atom. The van der Waals surface area contributed by atoms with Gasteiger partial charge in [0.1, 0.15) is 5.60 Å². The molecule has 0 fully saturated rings. The van der Waals surface area contributed by atoms with E-state index in [0.29, 0.717) is 5.75 Å². The van der Waals surface area contributed by atoms with Gasteiger partial charge >= 0.3 is 0 Å². The summed E-state index contributed by atoms with van der Waals surface area (Å²) in [4.78, 5) is 17.3. The first-order valence-corrected chi connectivity index (χ1v) is 11.9. The van der Waals surface area contributed by atoms with Crippen LogP contribution < -0.4 is 14.8 Å². The van der Waals surface area contributed by atoms with Crippen LogP contribution in [0.4, 0.5) is 5.69 Å². The maximum atomic E-state index is 12.1. The molecule has 31 heavy (non-hydrogen) atoms. The molecular formula is C25H30N2O3S. The van der Waals surface area contributed by atoms with Crippen LogP contribution in [-0.2, 0) is 17.6 Å². The van der Waals surface area contributed by atoms with Crippen molar-refractivity contribution < 1.29 is 14.3 Å². The first kappa shape index (κ1) is 21.8. The predicted octanol–water partition coefficient (Wildman–Crippen LogP) is 4.88. The highest BCUT2D eigenvalue weighted by atomic mass is 32.2. The monoisotopic (exact) mass is 438 g/mol. The van der Waals surface area contributed by atoms with E-state index in [2.05, 4.69) is 45.1 Å². The number of nitrogens with zero attached hydrogens (tertiary/aromatic N) is 1. The van der Waals surface area contributed by atoms with Gasteiger partial charge in [0.05, 0.1) is 24.1 Å². The molecule has 5 nitrogen and oxygen atoms in total. The third-order valence-electron chi connectivity index (χ3n) is 5.60. The minimum Gasteiger partial charge on any atom is -0.493 e. The molecule has 1 amide bonds. The normalized spacial score (nSPS) is 17.8. The smallest absolute Gasteiger partial charge is 0.234 e. The van der Waals surface area contributed by atoms with Gasteiger partial charge in [0.2, 0.25) is 5.91 Å². The number of nitrogens with one attached hydrogen (secondary N) is 1. The molecule has 0 atom stereocenters. The zero-order valence-electron chi connectivity index (χ0n) is 19.1. The van der Waals surface area contributed by atoms with Gasteiger partial charge in [0, 0.05) is 28.8 Å². The Labute approximate surface area is 188 Å². The topological polar surface area (TPSA) is 59.9 Å². The number of fused-ring (bicyclic) bond motifs is 3. The number of rotatable bonds is 5. The lowest BCUT2D eigenvalue weighted by atomic mass is 9.81. The first-order chi connectivity index (χ1) is 14.6. The van der Waals surface area contributed by atoms with Crippen LogP contribution in [-0.4, -0.2) is 41.9 Å². The maximum absolute atomic E-state index is 12.1. The summed E-state index contributed by atoms with van der Waals surface area (Å²) in [6.07, 6.45) is 3.55. The summed E-state index contributed by atoms with van der Waals surface area (Å²) in [5.41, 5.74) is 5.72. The largest absolute Gasteiger partial charge is 0.493 e. The van der Waals surface area contributed by atoms with Gasteiger partial charge in [-0.2, -0.15) is 11.8 Å². The van der Waals surface area contributed by atoms with E-state index in [-0.39, 0.29) is 17.0 Å². The average Bonchev–Trinajstić information content (AvgIpc) is 3.01. The Morgan fingerprint density at radius 2 is 2.00 bits per heavy atom. The molecule has 0 aliphatic carbocycles. The summed E-state index contributed by atoms with van der Waals surface area (Å²) in [6, 6.07) is 10.1. The van der Waals surface area contributed by atoms with Gasteiger partial charge in [-0.1, -0.05) is 12.1 Å². The Hall–Kier alpha value is -2.47. The molecule has 1 N–H and O–H groups in total. The van der Waals surface area contributed by atoms with Gasteiger partial charge in [-0.3, -0.25) is 9.79 Å². The van der Waals surface area contributed by atoms with Crippen LogP contribution in [0.1, 0.15) is 49.9 Å². The van der Waals surface area contributed by atoms with Crippen molar-refractivity contribution >= 4 is 29.1 Å². The van der Waals surface area contributed by atoms with Crippen molar-refractivity contribution in [3.05, 3.63) is 52.6 Å². The Kier molecular flexibility index (Phi) is 5.54. The van der Waals surface area contributed by atoms with E-state index >= 15 is 0 Å². The summed E-state index contributed by atoms with van der Waals surface area (Å²) < 4.78 is 12.0. The molecule has 0 saturated carbocycles. The van der Waals surface area contributed by atoms with Gasteiger partial charge < -0.3 is 14.8 Å². The van der Waals surface area contributed by atoms with Crippen molar-refractivity contribution in [2.45, 2.75) is 51.7 Å². The summed E-state index contributed by atoms with van der Waals surface area (Å²) >= 11 is 1.51. The molecule has 164 valence electrons. The molecule has 4 rings (SSSR count). The number of methoxy groups -OCH3 is 1. The summed E-state index contributed by atoms with van der Waals surface area (Å²) in [5, 5.41) is 2.99. The fraction of sp³-hybridized carbons (Fsp3) is 0.440. The number of amides is 1. The number of hydrogen-bond donors (Lipinski definition) is 1. The van der Waals surface area contributed by atoms with E-state index in [0.717, 1.165) is 52.4 Å². The summed E-state index contributed by atoms with van der Waals surface area (Å²) in [6.45, 7) is 8.51. The molecule has 0 radical (unpaired) electrons. The lowest BCUT2D eigenvalue weighted by molar-refractivity contribution is -0.113. The number of aliphatic imine (C=N–C) groups is 1. The minimum atomic E-state index is -0.295. The summed E-state index contributed by atoms with van der Waals surface area (Å²) in [5.74, 6) is 2.04. The van der Waals surface area contributed by atoms with Gasteiger partial charge in [-0.05, 0) is 64.1 Å². The van der Waals surface area contributed by atoms with E-state index in [9.17, 15) is 4.79 Å². The molecule has 0 unspecified atom stereocenters. The molecule has 6 heteroatoms. The Bertz CT molecular complexity index is 1070. The Balaban J connectivity index is 1.85. The third kappa shape index (κ3) is 4.31. The number of carbonyl (C=O) groups excluding carboxylic acids is 1. The predicted molar refractivity (Wildman–Crippen MR) is 128 cm³/mol. The zero-order chi connectivity index (χ0) is 22.4. The van der Waals surface area contributed by atoms with Crippen molar-refractivity contribution in [2.24, 2.45) is 4.99 Å². The highest BCUT2D eigenvalue weighted by Gasteiger charge is 2.39. The van der Waals surface area contributed by atoms with Crippen molar-refractivity contribution in [2.75, 3.05) is 24.4 Å². The molecule has 0 bridgehead atoms. The van der Waals surface area contributed by atoms with Crippen molar-refractivity contribution in [3.63, 3.8) is 0 Å². The molecule has 2 heterocycles. The van der Waals surface area contributed by atoms with Crippen LogP contribution in [0.5, 0.6) is 11.5 Å². The number of benzene rings is 2. The maximum Gasteiger partial charge on any atom is 0.234 e. The number of anilines is 1.